The third kappa shape index (κ3) is 20.0. The van der Waals surface area contributed by atoms with Crippen molar-refractivity contribution in [1.29, 1.82) is 0 Å². The third-order valence-electron chi connectivity index (χ3n) is 23.7. The molecule has 4 rings (SSSR count). The van der Waals surface area contributed by atoms with Crippen molar-refractivity contribution in [2.24, 2.45) is 105 Å². The molecule has 0 amide bonds. The van der Waals surface area contributed by atoms with E-state index in [0.29, 0.717) is 0 Å². The summed E-state index contributed by atoms with van der Waals surface area (Å²) in [6.45, 7) is 74.5. The van der Waals surface area contributed by atoms with Crippen LogP contribution < -0.4 is 20.4 Å². The Hall–Kier alpha value is -1.80. The summed E-state index contributed by atoms with van der Waals surface area (Å²) in [7, 11) is 0. The van der Waals surface area contributed by atoms with Crippen LogP contribution in [0.15, 0.2) is 39.9 Å². The van der Waals surface area contributed by atoms with Gasteiger partial charge in [0.2, 0.25) is 0 Å². The first kappa shape index (κ1) is 98.3. The Morgan fingerprint density at radius 1 is 0.235 bits per heavy atom. The summed E-state index contributed by atoms with van der Waals surface area (Å²) in [6, 6.07) is 0. The van der Waals surface area contributed by atoms with Gasteiger partial charge in [-0.25, -0.2) is 0 Å². The maximum absolute atomic E-state index is 12.2. The second kappa shape index (κ2) is 35.5. The Morgan fingerprint density at radius 3 is 0.388 bits per heavy atom. The van der Waals surface area contributed by atoms with Gasteiger partial charge in [-0.2, -0.15) is 0 Å². The van der Waals surface area contributed by atoms with Gasteiger partial charge >= 0.3 is 91.0 Å². The Bertz CT molecular complexity index is 2500. The molecule has 0 aromatic heterocycles. The molecule has 0 saturated carbocycles. The predicted octanol–water partition coefficient (Wildman–Crippen LogP) is 15.3. The molecule has 4 aliphatic heterocycles. The maximum atomic E-state index is 12.2. The molecule has 4 heterocycles. The van der Waals surface area contributed by atoms with Crippen molar-refractivity contribution in [3.05, 3.63) is 0 Å². The first-order valence-electron chi connectivity index (χ1n) is 36.9. The second-order valence-electron chi connectivity index (χ2n) is 36.0. The van der Waals surface area contributed by atoms with Gasteiger partial charge in [-0.15, -0.1) is 0 Å². The fourth-order valence-corrected chi connectivity index (χ4v) is 12.8. The van der Waals surface area contributed by atoms with E-state index < -0.39 is 68.2 Å². The Kier molecular flexibility index (Phi) is 35.6. The van der Waals surface area contributed by atoms with E-state index >= 15 is 0 Å². The number of aliphatic imine (C=N–C) groups is 8. The molecule has 0 aliphatic carbocycles. The summed E-state index contributed by atoms with van der Waals surface area (Å²) < 4.78 is 0. The first-order valence-corrected chi connectivity index (χ1v) is 36.9. The Balaban J connectivity index is 0. The molecule has 0 saturated heterocycles. The van der Waals surface area contributed by atoms with Crippen molar-refractivity contribution >= 4 is 161 Å². The molecule has 4 aliphatic rings. The molecular formula is C80H140N8O8Sr2. The van der Waals surface area contributed by atoms with E-state index in [-0.39, 0.29) is 134 Å². The third-order valence-corrected chi connectivity index (χ3v) is 23.7. The molecule has 0 unspecified atom stereocenters. The maximum Gasteiger partial charge on any atom is 2.00 e. The summed E-state index contributed by atoms with van der Waals surface area (Å²) in [6.07, 6.45) is 13.5. The zero-order valence-corrected chi connectivity index (χ0v) is 76.5. The molecule has 98 heavy (non-hydrogen) atoms. The number of carboxylic acids is 4. The smallest absolute Gasteiger partial charge is 0.545 e. The monoisotopic (exact) mass is 1520 g/mol. The van der Waals surface area contributed by atoms with Crippen LogP contribution in [0.4, 0.5) is 0 Å². The van der Waals surface area contributed by atoms with Crippen LogP contribution >= 0.6 is 0 Å². The van der Waals surface area contributed by atoms with Crippen molar-refractivity contribution in [1.82, 2.24) is 0 Å². The number of carbonyl (C=O) groups excluding carboxylic acids is 4. The van der Waals surface area contributed by atoms with Gasteiger partial charge < -0.3 is 39.6 Å². The molecule has 0 bridgehead atoms. The van der Waals surface area contributed by atoms with Gasteiger partial charge in [-0.3, -0.25) is 39.9 Å². The minimum atomic E-state index is -1.52. The van der Waals surface area contributed by atoms with Crippen LogP contribution in [0.3, 0.4) is 0 Å². The van der Waals surface area contributed by atoms with Crippen LogP contribution in [0.1, 0.15) is 352 Å². The van der Waals surface area contributed by atoms with Crippen LogP contribution in [0.5, 0.6) is 0 Å². The molecule has 0 spiro atoms. The van der Waals surface area contributed by atoms with E-state index in [1.807, 2.05) is 55.4 Å². The van der Waals surface area contributed by atoms with Crippen molar-refractivity contribution in [2.75, 3.05) is 0 Å². The van der Waals surface area contributed by atoms with E-state index in [1.54, 1.807) is 0 Å². The predicted molar refractivity (Wildman–Crippen MR) is 409 cm³/mol. The molecule has 0 aromatic carbocycles. The summed E-state index contributed by atoms with van der Waals surface area (Å²) >= 11 is 0. The number of rotatable bonds is 32. The van der Waals surface area contributed by atoms with Crippen LogP contribution in [-0.4, -0.2) is 183 Å². The zero-order chi connectivity index (χ0) is 75.9. The van der Waals surface area contributed by atoms with E-state index in [4.69, 9.17) is 39.9 Å². The average molecular weight is 1520 g/mol. The van der Waals surface area contributed by atoms with Gasteiger partial charge in [0, 0.05) is 65.0 Å². The van der Waals surface area contributed by atoms with Gasteiger partial charge in [-0.05, 0) is 77.0 Å². The van der Waals surface area contributed by atoms with Crippen LogP contribution in [-0.2, 0) is 19.2 Å². The molecule has 0 aromatic rings. The summed E-state index contributed by atoms with van der Waals surface area (Å²) in [5.74, 6) is -4.75. The standard InChI is InChI=1S/4C20H36N2O2.2Sr/c4*1-10-13-19(8,9)20(16(23)24)21-14(17(4,5)11-2)15(22-20)18(6,7)12-3;;/h4*10-13H2,1-9H3,(H,23,24);;/q;;;;2*+2/p-4. The minimum absolute atomic E-state index is 0. The molecule has 18 heteroatoms. The summed E-state index contributed by atoms with van der Waals surface area (Å²) in [4.78, 5) is 87.4. The number of hydrogen-bond acceptors (Lipinski definition) is 16. The average Bonchev–Trinajstić information content (AvgIpc) is 1.60. The molecule has 0 atom stereocenters. The first-order chi connectivity index (χ1) is 43.2. The van der Waals surface area contributed by atoms with E-state index in [1.165, 1.54) is 0 Å². The molecule has 16 nitrogen and oxygen atoms in total. The van der Waals surface area contributed by atoms with Gasteiger partial charge in [0.15, 0.2) is 22.7 Å². The number of aliphatic carboxylic acids is 4. The van der Waals surface area contributed by atoms with E-state index in [0.717, 1.165) is 148 Å². The van der Waals surface area contributed by atoms with Crippen LogP contribution in [0, 0.1) is 65.0 Å². The fourth-order valence-electron chi connectivity index (χ4n) is 12.8. The normalized spacial score (nSPS) is 18.0. The number of hydrogen-bond donors (Lipinski definition) is 0. The number of carbonyl (C=O) groups is 4. The summed E-state index contributed by atoms with van der Waals surface area (Å²) in [5.41, 5.74) is -3.50. The topological polar surface area (TPSA) is 259 Å². The summed E-state index contributed by atoms with van der Waals surface area (Å²) in [5, 5.41) is 49.0. The van der Waals surface area contributed by atoms with Gasteiger partial charge in [0.25, 0.3) is 0 Å². The van der Waals surface area contributed by atoms with Crippen molar-refractivity contribution in [3.8, 4) is 0 Å². The molecule has 0 N–H and O–H groups in total. The zero-order valence-electron chi connectivity index (χ0n) is 69.6. The number of nitrogens with zero attached hydrogens (tertiary/aromatic N) is 8. The van der Waals surface area contributed by atoms with Crippen molar-refractivity contribution in [2.45, 2.75) is 375 Å². The Morgan fingerprint density at radius 2 is 0.327 bits per heavy atom. The second-order valence-corrected chi connectivity index (χ2v) is 36.0. The minimum Gasteiger partial charge on any atom is -0.545 e. The van der Waals surface area contributed by atoms with E-state index in [9.17, 15) is 39.6 Å². The molecule has 0 fully saturated rings. The SMILES string of the molecule is CCCC(C)(C)C1(C(=O)[O-])N=C(C(C)(C)CC)C(C(C)(C)CC)=N1.CCCC(C)(C)C1(C(=O)[O-])N=C(C(C)(C)CC)C(C(C)(C)CC)=N1.CCCC(C)(C)C1(C(=O)[O-])N=C(C(C)(C)CC)C(C(C)(C)CC)=N1.CCCC(C)(C)C1(C(=O)[O-])N=C(C(C)(C)CC)C(C(C)(C)CC)=N1.[Sr+2].[Sr+2]. The van der Waals surface area contributed by atoms with Crippen molar-refractivity contribution < 1.29 is 39.6 Å². The van der Waals surface area contributed by atoms with Crippen LogP contribution in [0.2, 0.25) is 0 Å². The molecular weight excluding hydrogens is 1380 g/mol. The van der Waals surface area contributed by atoms with Gasteiger partial charge in [-0.1, -0.05) is 275 Å². The number of carboxylic acid groups (broad SMARTS) is 4. The Labute approximate surface area is 672 Å². The van der Waals surface area contributed by atoms with Gasteiger partial charge in [0.05, 0.1) is 69.6 Å². The quantitative estimate of drug-likeness (QED) is 0.0583. The molecule has 552 valence electrons. The van der Waals surface area contributed by atoms with E-state index in [2.05, 4.69) is 194 Å². The van der Waals surface area contributed by atoms with Gasteiger partial charge in [0.1, 0.15) is 0 Å². The van der Waals surface area contributed by atoms with Crippen molar-refractivity contribution in [3.63, 3.8) is 0 Å². The largest absolute Gasteiger partial charge is 2.00 e. The fraction of sp³-hybridized carbons (Fsp3) is 0.850. The van der Waals surface area contributed by atoms with Crippen LogP contribution in [0.25, 0.3) is 0 Å². The molecule has 0 radical (unpaired) electrons.